The standard InChI is InChI=1S/C26H24F2N6O2S/c1-30-10-9-17(29)12-18-13-19(20-11-16(24(27)28)6-7-22(20)36-2)21(14-31-18)25(35)32-26-34-33-23(37-26)8-5-15-3-4-15/h6-7,9-11,13-15,24H,3-4,12,29H2,1-2H3,(H,32,34,35)/b17-9-,30-10?. The van der Waals surface area contributed by atoms with Crippen LogP contribution in [0, 0.1) is 17.8 Å². The summed E-state index contributed by atoms with van der Waals surface area (Å²) in [7, 11) is 3.05. The third-order valence-electron chi connectivity index (χ3n) is 5.40. The van der Waals surface area contributed by atoms with Gasteiger partial charge in [0.2, 0.25) is 5.13 Å². The van der Waals surface area contributed by atoms with Crippen LogP contribution in [0.4, 0.5) is 13.9 Å². The van der Waals surface area contributed by atoms with Crippen molar-refractivity contribution in [2.24, 2.45) is 16.6 Å². The van der Waals surface area contributed by atoms with Crippen LogP contribution in [-0.2, 0) is 6.42 Å². The number of pyridine rings is 1. The number of anilines is 1. The van der Waals surface area contributed by atoms with Gasteiger partial charge < -0.3 is 10.5 Å². The van der Waals surface area contributed by atoms with Crippen molar-refractivity contribution in [2.45, 2.75) is 25.7 Å². The molecule has 4 rings (SSSR count). The zero-order valence-corrected chi connectivity index (χ0v) is 21.0. The summed E-state index contributed by atoms with van der Waals surface area (Å²) >= 11 is 1.15. The normalized spacial score (nSPS) is 13.5. The Morgan fingerprint density at radius 3 is 2.84 bits per heavy atom. The summed E-state index contributed by atoms with van der Waals surface area (Å²) in [6, 6.07) is 5.67. The number of methoxy groups -OCH3 is 1. The number of nitrogens with two attached hydrogens (primary N) is 1. The number of rotatable bonds is 8. The van der Waals surface area contributed by atoms with Crippen LogP contribution in [0.2, 0.25) is 0 Å². The van der Waals surface area contributed by atoms with E-state index in [1.54, 1.807) is 25.4 Å². The molecule has 190 valence electrons. The number of carbonyl (C=O) groups is 1. The van der Waals surface area contributed by atoms with Gasteiger partial charge in [-0.15, -0.1) is 10.2 Å². The highest BCUT2D eigenvalue weighted by molar-refractivity contribution is 7.15. The molecule has 2 heterocycles. The van der Waals surface area contributed by atoms with Gasteiger partial charge in [0.05, 0.1) is 12.7 Å². The van der Waals surface area contributed by atoms with E-state index in [1.165, 1.54) is 31.5 Å². The summed E-state index contributed by atoms with van der Waals surface area (Å²) in [6.07, 6.45) is 4.31. The van der Waals surface area contributed by atoms with Gasteiger partial charge in [-0.05, 0) is 49.1 Å². The van der Waals surface area contributed by atoms with Crippen LogP contribution in [0.25, 0.3) is 11.1 Å². The van der Waals surface area contributed by atoms with Crippen molar-refractivity contribution in [1.29, 1.82) is 0 Å². The lowest BCUT2D eigenvalue weighted by Gasteiger charge is -2.15. The molecule has 0 aliphatic heterocycles. The molecule has 3 aromatic rings. The molecule has 11 heteroatoms. The Labute approximate surface area is 216 Å². The van der Waals surface area contributed by atoms with E-state index in [4.69, 9.17) is 10.5 Å². The van der Waals surface area contributed by atoms with Crippen LogP contribution in [0.1, 0.15) is 45.9 Å². The first-order valence-corrected chi connectivity index (χ1v) is 12.2. The highest BCUT2D eigenvalue weighted by atomic mass is 32.1. The molecule has 1 amide bonds. The van der Waals surface area contributed by atoms with Crippen molar-refractivity contribution >= 4 is 28.6 Å². The Kier molecular flexibility index (Phi) is 8.20. The van der Waals surface area contributed by atoms with Crippen LogP contribution in [0.3, 0.4) is 0 Å². The second kappa shape index (κ2) is 11.7. The minimum Gasteiger partial charge on any atom is -0.496 e. The van der Waals surface area contributed by atoms with Crippen LogP contribution in [0.15, 0.2) is 47.2 Å². The van der Waals surface area contributed by atoms with Crippen molar-refractivity contribution in [3.63, 3.8) is 0 Å². The predicted molar refractivity (Wildman–Crippen MR) is 139 cm³/mol. The summed E-state index contributed by atoms with van der Waals surface area (Å²) in [6.45, 7) is 0. The molecular weight excluding hydrogens is 498 g/mol. The molecular formula is C26H24F2N6O2S. The molecule has 1 saturated carbocycles. The average molecular weight is 523 g/mol. The number of aromatic nitrogens is 3. The number of alkyl halides is 2. The molecule has 3 N–H and O–H groups in total. The van der Waals surface area contributed by atoms with E-state index in [0.29, 0.717) is 39.2 Å². The van der Waals surface area contributed by atoms with E-state index in [-0.39, 0.29) is 22.7 Å². The van der Waals surface area contributed by atoms with Gasteiger partial charge in [0, 0.05) is 59.9 Å². The summed E-state index contributed by atoms with van der Waals surface area (Å²) in [4.78, 5) is 21.5. The maximum atomic E-state index is 13.5. The molecule has 1 aliphatic carbocycles. The van der Waals surface area contributed by atoms with E-state index >= 15 is 0 Å². The molecule has 37 heavy (non-hydrogen) atoms. The lowest BCUT2D eigenvalue weighted by molar-refractivity contribution is 0.102. The highest BCUT2D eigenvalue weighted by Crippen LogP contribution is 2.36. The van der Waals surface area contributed by atoms with E-state index in [2.05, 4.69) is 37.3 Å². The van der Waals surface area contributed by atoms with E-state index in [0.717, 1.165) is 24.2 Å². The maximum Gasteiger partial charge on any atom is 0.263 e. The monoisotopic (exact) mass is 522 g/mol. The van der Waals surface area contributed by atoms with Gasteiger partial charge in [-0.25, -0.2) is 8.78 Å². The van der Waals surface area contributed by atoms with Gasteiger partial charge >= 0.3 is 0 Å². The minimum atomic E-state index is -2.70. The number of allylic oxidation sites excluding steroid dienone is 2. The van der Waals surface area contributed by atoms with Gasteiger partial charge in [-0.2, -0.15) is 0 Å². The molecule has 0 bridgehead atoms. The van der Waals surface area contributed by atoms with Crippen LogP contribution >= 0.6 is 11.3 Å². The average Bonchev–Trinajstić information content (AvgIpc) is 3.63. The third-order valence-corrected chi connectivity index (χ3v) is 6.15. The summed E-state index contributed by atoms with van der Waals surface area (Å²) in [5.74, 6) is 6.27. The van der Waals surface area contributed by atoms with E-state index in [1.807, 2.05) is 0 Å². The first-order chi connectivity index (χ1) is 17.9. The molecule has 2 aromatic heterocycles. The largest absolute Gasteiger partial charge is 0.496 e. The minimum absolute atomic E-state index is 0.145. The van der Waals surface area contributed by atoms with E-state index < -0.39 is 12.3 Å². The Balaban J connectivity index is 1.72. The SMILES string of the molecule is CN=C/C=C(\N)Cc1cc(-c2cc(C(F)F)ccc2OC)c(C(=O)Nc2nnc(C#CC3CC3)s2)cn1. The molecule has 0 atom stereocenters. The molecule has 0 radical (unpaired) electrons. The fraction of sp³-hybridized carbons (Fsp3) is 0.269. The zero-order valence-electron chi connectivity index (χ0n) is 20.2. The number of aliphatic imine (C=N–C) groups is 1. The van der Waals surface area contributed by atoms with Gasteiger partial charge in [0.1, 0.15) is 5.75 Å². The van der Waals surface area contributed by atoms with Crippen LogP contribution in [-0.4, -0.2) is 41.5 Å². The fourth-order valence-corrected chi connectivity index (χ4v) is 3.99. The quantitative estimate of drug-likeness (QED) is 0.329. The van der Waals surface area contributed by atoms with Gasteiger partial charge in [-0.3, -0.25) is 20.1 Å². The number of hydrogen-bond donors (Lipinski definition) is 2. The third kappa shape index (κ3) is 6.74. The first-order valence-electron chi connectivity index (χ1n) is 11.4. The Bertz CT molecular complexity index is 1420. The summed E-state index contributed by atoms with van der Waals surface area (Å²) < 4.78 is 32.5. The van der Waals surface area contributed by atoms with E-state index in [9.17, 15) is 13.6 Å². The molecule has 1 aromatic carbocycles. The maximum absolute atomic E-state index is 13.5. The molecule has 0 saturated heterocycles. The lowest BCUT2D eigenvalue weighted by Crippen LogP contribution is -2.15. The molecule has 0 spiro atoms. The molecule has 1 aliphatic rings. The van der Waals surface area contributed by atoms with Crippen molar-refractivity contribution in [2.75, 3.05) is 19.5 Å². The zero-order chi connectivity index (χ0) is 26.4. The van der Waals surface area contributed by atoms with Gasteiger partial charge in [-0.1, -0.05) is 17.3 Å². The highest BCUT2D eigenvalue weighted by Gasteiger charge is 2.21. The predicted octanol–water partition coefficient (Wildman–Crippen LogP) is 4.65. The number of ether oxygens (including phenoxy) is 1. The number of amides is 1. The second-order valence-electron chi connectivity index (χ2n) is 8.22. The second-order valence-corrected chi connectivity index (χ2v) is 9.19. The van der Waals surface area contributed by atoms with Crippen molar-refractivity contribution in [3.8, 4) is 28.7 Å². The lowest BCUT2D eigenvalue weighted by atomic mass is 9.96. The number of halogens is 2. The number of carbonyl (C=O) groups excluding carboxylic acids is 1. The number of benzene rings is 1. The number of hydrogen-bond acceptors (Lipinski definition) is 8. The topological polar surface area (TPSA) is 115 Å². The Morgan fingerprint density at radius 1 is 1.32 bits per heavy atom. The first kappa shape index (κ1) is 25.9. The van der Waals surface area contributed by atoms with Crippen molar-refractivity contribution in [3.05, 3.63) is 64.1 Å². The van der Waals surface area contributed by atoms with Gasteiger partial charge in [0.25, 0.3) is 12.3 Å². The van der Waals surface area contributed by atoms with Crippen LogP contribution in [0.5, 0.6) is 5.75 Å². The summed E-state index contributed by atoms with van der Waals surface area (Å²) in [5.41, 5.74) is 7.69. The van der Waals surface area contributed by atoms with Crippen molar-refractivity contribution < 1.29 is 18.3 Å². The number of nitrogens with zero attached hydrogens (tertiary/aromatic N) is 4. The molecule has 1 fully saturated rings. The summed E-state index contributed by atoms with van der Waals surface area (Å²) in [5, 5.41) is 11.5. The number of nitrogens with one attached hydrogen (secondary N) is 1. The fourth-order valence-electron chi connectivity index (χ4n) is 3.39. The smallest absolute Gasteiger partial charge is 0.263 e. The Morgan fingerprint density at radius 2 is 2.14 bits per heavy atom. The molecule has 0 unspecified atom stereocenters. The van der Waals surface area contributed by atoms with Crippen molar-refractivity contribution in [1.82, 2.24) is 15.2 Å². The van der Waals surface area contributed by atoms with Gasteiger partial charge in [0.15, 0.2) is 5.01 Å². The van der Waals surface area contributed by atoms with Crippen LogP contribution < -0.4 is 15.8 Å². The molecule has 8 nitrogen and oxygen atoms in total. The Hall–Kier alpha value is -4.17.